The molecule has 0 aliphatic carbocycles. The van der Waals surface area contributed by atoms with Crippen molar-refractivity contribution in [3.8, 4) is 5.75 Å². The van der Waals surface area contributed by atoms with E-state index in [0.29, 0.717) is 17.6 Å². The van der Waals surface area contributed by atoms with Crippen molar-refractivity contribution in [1.29, 1.82) is 0 Å². The molecule has 0 saturated heterocycles. The number of aromatic amines is 1. The summed E-state index contributed by atoms with van der Waals surface area (Å²) in [4.78, 5) is 16.7. The van der Waals surface area contributed by atoms with E-state index >= 15 is 0 Å². The molecule has 0 aliphatic rings. The smallest absolute Gasteiger partial charge is 0.234 e. The second kappa shape index (κ2) is 9.42. The molecule has 0 fully saturated rings. The molecule has 0 bridgehead atoms. The highest BCUT2D eigenvalue weighted by Gasteiger charge is 2.11. The van der Waals surface area contributed by atoms with Gasteiger partial charge in [-0.25, -0.2) is 4.98 Å². The van der Waals surface area contributed by atoms with Gasteiger partial charge in [0.05, 0.1) is 5.75 Å². The number of aromatic nitrogens is 3. The number of benzene rings is 2. The summed E-state index contributed by atoms with van der Waals surface area (Å²) in [5.41, 5.74) is 4.15. The first-order valence-electron chi connectivity index (χ1n) is 8.71. The summed E-state index contributed by atoms with van der Waals surface area (Å²) in [7, 11) is 0. The Morgan fingerprint density at radius 2 is 1.86 bits per heavy atom. The average molecular weight is 508 g/mol. The van der Waals surface area contributed by atoms with E-state index in [1.807, 2.05) is 57.2 Å². The highest BCUT2D eigenvalue weighted by Crippen LogP contribution is 2.24. The first-order chi connectivity index (χ1) is 13.4. The topological polar surface area (TPSA) is 79.9 Å². The number of amides is 1. The van der Waals surface area contributed by atoms with Crippen molar-refractivity contribution in [2.24, 2.45) is 0 Å². The lowest BCUT2D eigenvalue weighted by atomic mass is 10.1. The molecule has 2 aromatic carbocycles. The predicted molar refractivity (Wildman–Crippen MR) is 120 cm³/mol. The molecule has 6 nitrogen and oxygen atoms in total. The Morgan fingerprint density at radius 3 is 2.54 bits per heavy atom. The van der Waals surface area contributed by atoms with Crippen molar-refractivity contribution in [3.63, 3.8) is 0 Å². The zero-order valence-electron chi connectivity index (χ0n) is 15.9. The molecule has 3 aromatic rings. The molecule has 0 radical (unpaired) electrons. The molecule has 0 spiro atoms. The summed E-state index contributed by atoms with van der Waals surface area (Å²) in [6.45, 7) is 6.31. The minimum absolute atomic E-state index is 0.0836. The average Bonchev–Trinajstić information content (AvgIpc) is 3.10. The van der Waals surface area contributed by atoms with Gasteiger partial charge in [-0.2, -0.15) is 0 Å². The summed E-state index contributed by atoms with van der Waals surface area (Å²) in [6.07, 6.45) is 0. The Kier molecular flexibility index (Phi) is 6.95. The minimum atomic E-state index is -0.0836. The van der Waals surface area contributed by atoms with E-state index in [2.05, 4.69) is 43.1 Å². The van der Waals surface area contributed by atoms with Gasteiger partial charge >= 0.3 is 0 Å². The number of nitrogens with zero attached hydrogens (tertiary/aromatic N) is 2. The third-order valence-corrected chi connectivity index (χ3v) is 5.47. The molecular formula is C20H21IN4O2S. The van der Waals surface area contributed by atoms with Gasteiger partial charge in [-0.05, 0) is 78.8 Å². The number of thioether (sulfide) groups is 1. The summed E-state index contributed by atoms with van der Waals surface area (Å²) in [5.74, 6) is 1.55. The maximum atomic E-state index is 12.3. The lowest BCUT2D eigenvalue weighted by molar-refractivity contribution is -0.113. The normalized spacial score (nSPS) is 10.7. The van der Waals surface area contributed by atoms with Crippen molar-refractivity contribution in [3.05, 3.63) is 62.5 Å². The fourth-order valence-corrected chi connectivity index (χ4v) is 4.16. The lowest BCUT2D eigenvalue weighted by Crippen LogP contribution is -2.16. The van der Waals surface area contributed by atoms with Crippen LogP contribution < -0.4 is 10.1 Å². The van der Waals surface area contributed by atoms with E-state index in [1.165, 1.54) is 17.3 Å². The molecule has 0 unspecified atom stereocenters. The third kappa shape index (κ3) is 5.71. The summed E-state index contributed by atoms with van der Waals surface area (Å²) >= 11 is 3.56. The van der Waals surface area contributed by atoms with Crippen molar-refractivity contribution in [2.75, 3.05) is 11.1 Å². The molecule has 0 saturated carbocycles. The number of hydrogen-bond donors (Lipinski definition) is 2. The van der Waals surface area contributed by atoms with Gasteiger partial charge in [-0.15, -0.1) is 5.10 Å². The van der Waals surface area contributed by atoms with Crippen LogP contribution in [0.5, 0.6) is 5.75 Å². The van der Waals surface area contributed by atoms with E-state index in [-0.39, 0.29) is 11.7 Å². The van der Waals surface area contributed by atoms with Gasteiger partial charge < -0.3 is 10.1 Å². The molecule has 3 rings (SSSR count). The Bertz CT molecular complexity index is 950. The number of carbonyl (C=O) groups is 1. The van der Waals surface area contributed by atoms with Crippen molar-refractivity contribution in [1.82, 2.24) is 15.2 Å². The Balaban J connectivity index is 1.50. The predicted octanol–water partition coefficient (Wildman–Crippen LogP) is 4.64. The summed E-state index contributed by atoms with van der Waals surface area (Å²) in [6, 6.07) is 11.9. The summed E-state index contributed by atoms with van der Waals surface area (Å²) in [5, 5.41) is 10.5. The Hall–Kier alpha value is -2.07. The van der Waals surface area contributed by atoms with E-state index in [1.54, 1.807) is 0 Å². The monoisotopic (exact) mass is 508 g/mol. The molecule has 8 heteroatoms. The number of rotatable bonds is 7. The van der Waals surface area contributed by atoms with E-state index in [0.717, 1.165) is 26.1 Å². The maximum absolute atomic E-state index is 12.3. The van der Waals surface area contributed by atoms with Crippen molar-refractivity contribution >= 4 is 45.9 Å². The molecule has 0 atom stereocenters. The zero-order chi connectivity index (χ0) is 20.1. The molecule has 146 valence electrons. The molecule has 0 aliphatic heterocycles. The molecule has 1 amide bonds. The van der Waals surface area contributed by atoms with E-state index in [9.17, 15) is 4.79 Å². The molecule has 28 heavy (non-hydrogen) atoms. The Morgan fingerprint density at radius 1 is 1.18 bits per heavy atom. The van der Waals surface area contributed by atoms with Crippen LogP contribution in [0.25, 0.3) is 0 Å². The van der Waals surface area contributed by atoms with Crippen LogP contribution in [0.15, 0.2) is 41.6 Å². The van der Waals surface area contributed by atoms with E-state index < -0.39 is 0 Å². The van der Waals surface area contributed by atoms with Crippen LogP contribution in [-0.4, -0.2) is 26.8 Å². The fraction of sp³-hybridized carbons (Fsp3) is 0.250. The minimum Gasteiger partial charge on any atom is -0.486 e. The second-order valence-electron chi connectivity index (χ2n) is 6.42. The zero-order valence-corrected chi connectivity index (χ0v) is 18.8. The number of anilines is 1. The number of nitrogens with one attached hydrogen (secondary N) is 2. The van der Waals surface area contributed by atoms with Crippen LogP contribution in [0.1, 0.15) is 22.5 Å². The quantitative estimate of drug-likeness (QED) is 0.359. The van der Waals surface area contributed by atoms with Gasteiger partial charge in [0.2, 0.25) is 11.1 Å². The van der Waals surface area contributed by atoms with Crippen LogP contribution in [0, 0.1) is 24.3 Å². The van der Waals surface area contributed by atoms with Gasteiger partial charge in [0.25, 0.3) is 0 Å². The van der Waals surface area contributed by atoms with Crippen molar-refractivity contribution in [2.45, 2.75) is 32.5 Å². The van der Waals surface area contributed by atoms with Crippen LogP contribution in [0.3, 0.4) is 0 Å². The Labute approximate surface area is 182 Å². The van der Waals surface area contributed by atoms with Gasteiger partial charge in [0.15, 0.2) is 5.82 Å². The first-order valence-corrected chi connectivity index (χ1v) is 10.8. The standard InChI is InChI=1S/C20H21IN4O2S/c1-12-4-6-16(7-5-12)27-10-17-22-20(25-24-17)28-11-18(26)23-19-13(2)8-15(21)9-14(19)3/h4-9H,10-11H2,1-3H3,(H,23,26)(H,22,24,25). The van der Waals surface area contributed by atoms with Crippen LogP contribution in [0.2, 0.25) is 0 Å². The number of aryl methyl sites for hydroxylation is 3. The number of halogens is 1. The van der Waals surface area contributed by atoms with Gasteiger partial charge in [0.1, 0.15) is 12.4 Å². The molecule has 1 aromatic heterocycles. The van der Waals surface area contributed by atoms with Gasteiger partial charge in [-0.1, -0.05) is 29.5 Å². The first kappa shape index (κ1) is 20.7. The van der Waals surface area contributed by atoms with Gasteiger partial charge in [0, 0.05) is 9.26 Å². The summed E-state index contributed by atoms with van der Waals surface area (Å²) < 4.78 is 6.83. The number of hydrogen-bond acceptors (Lipinski definition) is 5. The van der Waals surface area contributed by atoms with Crippen LogP contribution >= 0.6 is 34.4 Å². The molecular weight excluding hydrogens is 487 g/mol. The highest BCUT2D eigenvalue weighted by atomic mass is 127. The molecule has 1 heterocycles. The SMILES string of the molecule is Cc1ccc(OCc2nc(SCC(=O)Nc3c(C)cc(I)cc3C)n[nH]2)cc1. The highest BCUT2D eigenvalue weighted by molar-refractivity contribution is 14.1. The van der Waals surface area contributed by atoms with E-state index in [4.69, 9.17) is 4.74 Å². The number of carbonyl (C=O) groups excluding carboxylic acids is 1. The van der Waals surface area contributed by atoms with Crippen LogP contribution in [0.4, 0.5) is 5.69 Å². The lowest BCUT2D eigenvalue weighted by Gasteiger charge is -2.11. The van der Waals surface area contributed by atoms with Crippen LogP contribution in [-0.2, 0) is 11.4 Å². The number of H-pyrrole nitrogens is 1. The second-order valence-corrected chi connectivity index (χ2v) is 8.61. The maximum Gasteiger partial charge on any atom is 0.234 e. The fourth-order valence-electron chi connectivity index (χ4n) is 2.61. The number of ether oxygens (including phenoxy) is 1. The van der Waals surface area contributed by atoms with Crippen molar-refractivity contribution < 1.29 is 9.53 Å². The molecule has 2 N–H and O–H groups in total. The largest absolute Gasteiger partial charge is 0.486 e. The third-order valence-electron chi connectivity index (χ3n) is 4.00. The van der Waals surface area contributed by atoms with Gasteiger partial charge in [-0.3, -0.25) is 9.89 Å².